The van der Waals surface area contributed by atoms with Gasteiger partial charge in [0.2, 0.25) is 10.0 Å². The third-order valence-electron chi connectivity index (χ3n) is 5.07. The minimum absolute atomic E-state index is 0.207. The lowest BCUT2D eigenvalue weighted by atomic mass is 10.0. The van der Waals surface area contributed by atoms with E-state index >= 15 is 0 Å². The van der Waals surface area contributed by atoms with E-state index in [9.17, 15) is 8.42 Å². The van der Waals surface area contributed by atoms with Crippen LogP contribution in [0.2, 0.25) is 0 Å². The van der Waals surface area contributed by atoms with Crippen LogP contribution in [0, 0.1) is 0 Å². The van der Waals surface area contributed by atoms with Gasteiger partial charge in [0.05, 0.1) is 5.75 Å². The first-order valence-corrected chi connectivity index (χ1v) is 10.9. The van der Waals surface area contributed by atoms with Crippen molar-refractivity contribution in [1.29, 1.82) is 0 Å². The molecule has 4 rings (SSSR count). The minimum Gasteiger partial charge on any atom is -0.293 e. The van der Waals surface area contributed by atoms with E-state index in [2.05, 4.69) is 16.3 Å². The summed E-state index contributed by atoms with van der Waals surface area (Å²) in [6, 6.07) is 12.4. The average Bonchev–Trinajstić information content (AvgIpc) is 3.00. The van der Waals surface area contributed by atoms with Crippen LogP contribution in [0.1, 0.15) is 16.0 Å². The molecule has 6 heteroatoms. The number of thiophene rings is 1. The standard InChI is InChI=1S/C18H22N2O2S2/c21-24(22,11-8-15-4-2-1-3-5-15)20-13-17(14-20)19-9-6-18-16(12-19)7-10-23-18/h1-5,7,10,17H,6,8-9,11-14H2. The van der Waals surface area contributed by atoms with Crippen molar-refractivity contribution in [1.82, 2.24) is 9.21 Å². The van der Waals surface area contributed by atoms with Crippen molar-refractivity contribution < 1.29 is 8.42 Å². The Hall–Kier alpha value is -1.21. The molecule has 0 radical (unpaired) electrons. The first-order chi connectivity index (χ1) is 11.6. The van der Waals surface area contributed by atoms with Gasteiger partial charge in [0.15, 0.2) is 0 Å². The maximum atomic E-state index is 12.5. The van der Waals surface area contributed by atoms with E-state index in [1.807, 2.05) is 41.7 Å². The van der Waals surface area contributed by atoms with Gasteiger partial charge < -0.3 is 0 Å². The van der Waals surface area contributed by atoms with E-state index in [-0.39, 0.29) is 5.75 Å². The molecular formula is C18H22N2O2S2. The third-order valence-corrected chi connectivity index (χ3v) is 7.90. The topological polar surface area (TPSA) is 40.6 Å². The van der Waals surface area contributed by atoms with Crippen molar-refractivity contribution in [3.63, 3.8) is 0 Å². The van der Waals surface area contributed by atoms with E-state index in [1.54, 1.807) is 4.31 Å². The summed E-state index contributed by atoms with van der Waals surface area (Å²) in [5.74, 6) is 0.207. The summed E-state index contributed by atoms with van der Waals surface area (Å²) in [5.41, 5.74) is 2.51. The number of benzene rings is 1. The van der Waals surface area contributed by atoms with E-state index in [1.165, 1.54) is 10.4 Å². The molecule has 2 aromatic rings. The molecule has 0 aliphatic carbocycles. The molecule has 2 aliphatic rings. The molecule has 0 N–H and O–H groups in total. The maximum Gasteiger partial charge on any atom is 0.214 e. The number of rotatable bonds is 5. The fraction of sp³-hybridized carbons (Fsp3) is 0.444. The number of fused-ring (bicyclic) bond motifs is 1. The van der Waals surface area contributed by atoms with Gasteiger partial charge >= 0.3 is 0 Å². The van der Waals surface area contributed by atoms with Gasteiger partial charge in [-0.3, -0.25) is 4.90 Å². The maximum absolute atomic E-state index is 12.5. The molecule has 128 valence electrons. The van der Waals surface area contributed by atoms with Gasteiger partial charge in [-0.05, 0) is 35.4 Å². The second-order valence-corrected chi connectivity index (χ2v) is 9.70. The van der Waals surface area contributed by atoms with Gasteiger partial charge in [0.25, 0.3) is 0 Å². The summed E-state index contributed by atoms with van der Waals surface area (Å²) >= 11 is 1.84. The highest BCUT2D eigenvalue weighted by Crippen LogP contribution is 2.28. The third kappa shape index (κ3) is 3.28. The van der Waals surface area contributed by atoms with Gasteiger partial charge in [-0.25, -0.2) is 8.42 Å². The zero-order chi connectivity index (χ0) is 16.6. The predicted molar refractivity (Wildman–Crippen MR) is 97.7 cm³/mol. The van der Waals surface area contributed by atoms with Crippen LogP contribution >= 0.6 is 11.3 Å². The molecule has 0 unspecified atom stereocenters. The van der Waals surface area contributed by atoms with Crippen LogP contribution < -0.4 is 0 Å². The van der Waals surface area contributed by atoms with Crippen molar-refractivity contribution in [2.75, 3.05) is 25.4 Å². The zero-order valence-corrected chi connectivity index (χ0v) is 15.2. The SMILES string of the molecule is O=S(=O)(CCc1ccccc1)N1CC(N2CCc3sccc3C2)C1. The summed E-state index contributed by atoms with van der Waals surface area (Å²) in [7, 11) is -3.13. The van der Waals surface area contributed by atoms with Gasteiger partial charge in [-0.1, -0.05) is 30.3 Å². The summed E-state index contributed by atoms with van der Waals surface area (Å²) in [5, 5.41) is 2.16. The molecule has 0 amide bonds. The van der Waals surface area contributed by atoms with Gasteiger partial charge in [0.1, 0.15) is 0 Å². The number of hydrogen-bond acceptors (Lipinski definition) is 4. The van der Waals surface area contributed by atoms with Crippen LogP contribution in [0.3, 0.4) is 0 Å². The highest BCUT2D eigenvalue weighted by Gasteiger charge is 2.39. The Bertz CT molecular complexity index is 795. The van der Waals surface area contributed by atoms with Crippen LogP contribution in [-0.4, -0.2) is 49.1 Å². The Kier molecular flexibility index (Phi) is 4.47. The fourth-order valence-corrected chi connectivity index (χ4v) is 5.92. The summed E-state index contributed by atoms with van der Waals surface area (Å²) in [6.07, 6.45) is 1.69. The number of nitrogens with zero attached hydrogens (tertiary/aromatic N) is 2. The lowest BCUT2D eigenvalue weighted by Crippen LogP contribution is -2.61. The smallest absolute Gasteiger partial charge is 0.214 e. The Balaban J connectivity index is 1.30. The molecule has 1 fully saturated rings. The van der Waals surface area contributed by atoms with Crippen molar-refractivity contribution in [3.8, 4) is 0 Å². The predicted octanol–water partition coefficient (Wildman–Crippen LogP) is 2.36. The van der Waals surface area contributed by atoms with Crippen LogP contribution in [-0.2, 0) is 29.4 Å². The molecule has 1 aromatic carbocycles. The highest BCUT2D eigenvalue weighted by atomic mass is 32.2. The molecule has 0 atom stereocenters. The first kappa shape index (κ1) is 16.3. The van der Waals surface area contributed by atoms with Gasteiger partial charge in [0, 0.05) is 37.1 Å². The van der Waals surface area contributed by atoms with Crippen molar-refractivity contribution in [2.24, 2.45) is 0 Å². The molecule has 4 nitrogen and oxygen atoms in total. The summed E-state index contributed by atoms with van der Waals surface area (Å²) < 4.78 is 26.6. The van der Waals surface area contributed by atoms with E-state index < -0.39 is 10.0 Å². The van der Waals surface area contributed by atoms with Crippen LogP contribution in [0.15, 0.2) is 41.8 Å². The summed E-state index contributed by atoms with van der Waals surface area (Å²) in [4.78, 5) is 3.94. The number of hydrogen-bond donors (Lipinski definition) is 0. The molecule has 1 saturated heterocycles. The fourth-order valence-electron chi connectivity index (χ4n) is 3.48. The van der Waals surface area contributed by atoms with Crippen LogP contribution in [0.5, 0.6) is 0 Å². The average molecular weight is 363 g/mol. The Morgan fingerprint density at radius 3 is 2.71 bits per heavy atom. The normalized spacial score (nSPS) is 19.8. The summed E-state index contributed by atoms with van der Waals surface area (Å²) in [6.45, 7) is 3.32. The Morgan fingerprint density at radius 1 is 1.12 bits per heavy atom. The molecule has 2 aliphatic heterocycles. The molecule has 1 aromatic heterocycles. The van der Waals surface area contributed by atoms with Crippen LogP contribution in [0.25, 0.3) is 0 Å². The molecule has 3 heterocycles. The van der Waals surface area contributed by atoms with Crippen LogP contribution in [0.4, 0.5) is 0 Å². The molecular weight excluding hydrogens is 340 g/mol. The highest BCUT2D eigenvalue weighted by molar-refractivity contribution is 7.89. The zero-order valence-electron chi connectivity index (χ0n) is 13.6. The molecule has 0 bridgehead atoms. The van der Waals surface area contributed by atoms with Crippen molar-refractivity contribution in [2.45, 2.75) is 25.4 Å². The van der Waals surface area contributed by atoms with Crippen molar-refractivity contribution >= 4 is 21.4 Å². The second kappa shape index (κ2) is 6.59. The number of sulfonamides is 1. The van der Waals surface area contributed by atoms with E-state index in [4.69, 9.17) is 0 Å². The lowest BCUT2D eigenvalue weighted by Gasteiger charge is -2.45. The quantitative estimate of drug-likeness (QED) is 0.820. The lowest BCUT2D eigenvalue weighted by molar-refractivity contribution is 0.0775. The van der Waals surface area contributed by atoms with Gasteiger partial charge in [-0.2, -0.15) is 4.31 Å². The van der Waals surface area contributed by atoms with E-state index in [0.717, 1.165) is 25.1 Å². The van der Waals surface area contributed by atoms with Crippen molar-refractivity contribution in [3.05, 3.63) is 57.8 Å². The molecule has 0 spiro atoms. The molecule has 0 saturated carbocycles. The molecule has 24 heavy (non-hydrogen) atoms. The Labute approximate surface area is 147 Å². The second-order valence-electron chi connectivity index (χ2n) is 6.61. The van der Waals surface area contributed by atoms with E-state index in [0.29, 0.717) is 25.6 Å². The minimum atomic E-state index is -3.13. The largest absolute Gasteiger partial charge is 0.293 e. The number of aryl methyl sites for hydroxylation is 1. The monoisotopic (exact) mass is 362 g/mol. The Morgan fingerprint density at radius 2 is 1.92 bits per heavy atom. The van der Waals surface area contributed by atoms with Gasteiger partial charge in [-0.15, -0.1) is 11.3 Å². The first-order valence-electron chi connectivity index (χ1n) is 8.43.